The lowest BCUT2D eigenvalue weighted by atomic mass is 10.1. The topological polar surface area (TPSA) is 87.7 Å². The second-order valence-corrected chi connectivity index (χ2v) is 3.90. The lowest BCUT2D eigenvalue weighted by Crippen LogP contribution is -2.30. The first-order valence-electron chi connectivity index (χ1n) is 6.00. The highest BCUT2D eigenvalue weighted by Crippen LogP contribution is 2.23. The van der Waals surface area contributed by atoms with Crippen LogP contribution in [0.25, 0.3) is 0 Å². The minimum atomic E-state index is -0.950. The Kier molecular flexibility index (Phi) is 5.66. The van der Waals surface area contributed by atoms with Crippen molar-refractivity contribution in [2.24, 2.45) is 0 Å². The summed E-state index contributed by atoms with van der Waals surface area (Å²) in [5, 5.41) is 13.5. The summed E-state index contributed by atoms with van der Waals surface area (Å²) in [5.74, 6) is -0.236. The highest BCUT2D eigenvalue weighted by molar-refractivity contribution is 5.89. The van der Waals surface area contributed by atoms with E-state index in [9.17, 15) is 9.59 Å². The molecule has 1 aromatic carbocycles. The zero-order chi connectivity index (χ0) is 14.3. The number of amides is 2. The number of benzene rings is 1. The smallest absolute Gasteiger partial charge is 0.319 e. The van der Waals surface area contributed by atoms with Gasteiger partial charge in [0.05, 0.1) is 13.5 Å². The van der Waals surface area contributed by atoms with Crippen LogP contribution in [0.3, 0.4) is 0 Å². The fourth-order valence-electron chi connectivity index (χ4n) is 1.57. The van der Waals surface area contributed by atoms with Crippen molar-refractivity contribution in [2.45, 2.75) is 19.8 Å². The standard InChI is InChI=1S/C13H18N2O4/c1-3-9-4-5-10(8-11(9)19-2)15-13(18)14-7-6-12(16)17/h4-5,8H,3,6-7H2,1-2H3,(H,16,17)(H2,14,15,18). The minimum absolute atomic E-state index is 0.0886. The summed E-state index contributed by atoms with van der Waals surface area (Å²) in [6.07, 6.45) is 0.736. The third kappa shape index (κ3) is 4.87. The molecule has 0 aliphatic rings. The van der Waals surface area contributed by atoms with Crippen LogP contribution in [0.1, 0.15) is 18.9 Å². The van der Waals surface area contributed by atoms with Gasteiger partial charge in [-0.05, 0) is 18.1 Å². The summed E-state index contributed by atoms with van der Waals surface area (Å²) in [7, 11) is 1.57. The van der Waals surface area contributed by atoms with E-state index in [1.165, 1.54) is 0 Å². The molecule has 0 unspecified atom stereocenters. The number of carbonyl (C=O) groups is 2. The molecule has 0 heterocycles. The van der Waals surface area contributed by atoms with Gasteiger partial charge in [-0.3, -0.25) is 4.79 Å². The van der Waals surface area contributed by atoms with Crippen molar-refractivity contribution < 1.29 is 19.4 Å². The number of urea groups is 1. The molecule has 1 aromatic rings. The van der Waals surface area contributed by atoms with E-state index in [1.54, 1.807) is 19.2 Å². The predicted molar refractivity (Wildman–Crippen MR) is 71.6 cm³/mol. The number of hydrogen-bond acceptors (Lipinski definition) is 3. The quantitative estimate of drug-likeness (QED) is 0.733. The number of anilines is 1. The number of nitrogens with one attached hydrogen (secondary N) is 2. The zero-order valence-corrected chi connectivity index (χ0v) is 11.0. The van der Waals surface area contributed by atoms with Crippen molar-refractivity contribution in [3.8, 4) is 5.75 Å². The van der Waals surface area contributed by atoms with Gasteiger partial charge in [0.15, 0.2) is 0 Å². The first kappa shape index (κ1) is 14.8. The number of aliphatic carboxylic acids is 1. The summed E-state index contributed by atoms with van der Waals surface area (Å²) in [6, 6.07) is 4.95. The highest BCUT2D eigenvalue weighted by atomic mass is 16.5. The Labute approximate surface area is 111 Å². The maximum Gasteiger partial charge on any atom is 0.319 e. The van der Waals surface area contributed by atoms with E-state index >= 15 is 0 Å². The van der Waals surface area contributed by atoms with Gasteiger partial charge in [-0.15, -0.1) is 0 Å². The minimum Gasteiger partial charge on any atom is -0.496 e. The maximum atomic E-state index is 11.5. The number of carboxylic acid groups (broad SMARTS) is 1. The van der Waals surface area contributed by atoms with Crippen molar-refractivity contribution in [3.63, 3.8) is 0 Å². The van der Waals surface area contributed by atoms with E-state index in [-0.39, 0.29) is 13.0 Å². The summed E-state index contributed by atoms with van der Waals surface area (Å²) >= 11 is 0. The monoisotopic (exact) mass is 266 g/mol. The van der Waals surface area contributed by atoms with E-state index in [2.05, 4.69) is 10.6 Å². The predicted octanol–water partition coefficient (Wildman–Crippen LogP) is 1.85. The Balaban J connectivity index is 2.57. The van der Waals surface area contributed by atoms with Gasteiger partial charge in [-0.25, -0.2) is 4.79 Å². The molecule has 6 heteroatoms. The average Bonchev–Trinajstić information content (AvgIpc) is 2.38. The third-order valence-electron chi connectivity index (χ3n) is 2.55. The fourth-order valence-corrected chi connectivity index (χ4v) is 1.57. The van der Waals surface area contributed by atoms with E-state index in [1.807, 2.05) is 13.0 Å². The van der Waals surface area contributed by atoms with Crippen molar-refractivity contribution in [1.29, 1.82) is 0 Å². The number of ether oxygens (including phenoxy) is 1. The second kappa shape index (κ2) is 7.25. The van der Waals surface area contributed by atoms with Gasteiger partial charge >= 0.3 is 12.0 Å². The van der Waals surface area contributed by atoms with Crippen LogP contribution in [0.4, 0.5) is 10.5 Å². The van der Waals surface area contributed by atoms with Crippen LogP contribution in [0.5, 0.6) is 5.75 Å². The van der Waals surface area contributed by atoms with Crippen molar-refractivity contribution in [2.75, 3.05) is 19.0 Å². The second-order valence-electron chi connectivity index (χ2n) is 3.90. The van der Waals surface area contributed by atoms with E-state index in [4.69, 9.17) is 9.84 Å². The molecular formula is C13H18N2O4. The van der Waals surface area contributed by atoms with Crippen LogP contribution in [0, 0.1) is 0 Å². The van der Waals surface area contributed by atoms with E-state index < -0.39 is 12.0 Å². The normalized spacial score (nSPS) is 9.79. The van der Waals surface area contributed by atoms with Crippen LogP contribution in [-0.4, -0.2) is 30.8 Å². The van der Waals surface area contributed by atoms with Crippen LogP contribution >= 0.6 is 0 Å². The molecule has 0 fully saturated rings. The molecule has 6 nitrogen and oxygen atoms in total. The number of carbonyl (C=O) groups excluding carboxylic acids is 1. The molecule has 3 N–H and O–H groups in total. The molecule has 0 radical (unpaired) electrons. The summed E-state index contributed by atoms with van der Waals surface area (Å²) in [4.78, 5) is 21.8. The van der Waals surface area contributed by atoms with Crippen LogP contribution in [-0.2, 0) is 11.2 Å². The van der Waals surface area contributed by atoms with Crippen LogP contribution in [0.15, 0.2) is 18.2 Å². The third-order valence-corrected chi connectivity index (χ3v) is 2.55. The van der Waals surface area contributed by atoms with Gasteiger partial charge in [-0.1, -0.05) is 13.0 Å². The summed E-state index contributed by atoms with van der Waals surface area (Å²) in [6.45, 7) is 2.11. The number of rotatable bonds is 6. The summed E-state index contributed by atoms with van der Waals surface area (Å²) < 4.78 is 5.22. The molecule has 2 amide bonds. The lowest BCUT2D eigenvalue weighted by Gasteiger charge is -2.11. The number of hydrogen-bond donors (Lipinski definition) is 3. The molecule has 0 spiro atoms. The first-order valence-corrected chi connectivity index (χ1v) is 6.00. The van der Waals surface area contributed by atoms with Crippen LogP contribution in [0.2, 0.25) is 0 Å². The first-order chi connectivity index (χ1) is 9.06. The molecule has 0 aromatic heterocycles. The Hall–Kier alpha value is -2.24. The zero-order valence-electron chi connectivity index (χ0n) is 11.0. The molecule has 0 atom stereocenters. The Morgan fingerprint density at radius 2 is 2.11 bits per heavy atom. The van der Waals surface area contributed by atoms with Crippen molar-refractivity contribution in [1.82, 2.24) is 5.32 Å². The van der Waals surface area contributed by atoms with Gasteiger partial charge in [0.2, 0.25) is 0 Å². The van der Waals surface area contributed by atoms with Crippen molar-refractivity contribution >= 4 is 17.7 Å². The molecule has 104 valence electrons. The Morgan fingerprint density at radius 3 is 2.68 bits per heavy atom. The fraction of sp³-hybridized carbons (Fsp3) is 0.385. The van der Waals surface area contributed by atoms with Gasteiger partial charge in [0.1, 0.15) is 5.75 Å². The molecule has 0 saturated heterocycles. The van der Waals surface area contributed by atoms with Crippen molar-refractivity contribution in [3.05, 3.63) is 23.8 Å². The number of aryl methyl sites for hydroxylation is 1. The molecule has 0 aliphatic carbocycles. The number of methoxy groups -OCH3 is 1. The van der Waals surface area contributed by atoms with Crippen LogP contribution < -0.4 is 15.4 Å². The molecule has 19 heavy (non-hydrogen) atoms. The van der Waals surface area contributed by atoms with Gasteiger partial charge in [0, 0.05) is 18.3 Å². The number of carboxylic acids is 1. The molecule has 0 saturated carbocycles. The van der Waals surface area contributed by atoms with Gasteiger partial charge < -0.3 is 20.5 Å². The Morgan fingerprint density at radius 1 is 1.37 bits per heavy atom. The van der Waals surface area contributed by atoms with Gasteiger partial charge in [0.25, 0.3) is 0 Å². The summed E-state index contributed by atoms with van der Waals surface area (Å²) in [5.41, 5.74) is 1.65. The molecule has 0 bridgehead atoms. The molecular weight excluding hydrogens is 248 g/mol. The van der Waals surface area contributed by atoms with E-state index in [0.29, 0.717) is 11.4 Å². The Bertz CT molecular complexity index is 460. The van der Waals surface area contributed by atoms with E-state index in [0.717, 1.165) is 12.0 Å². The largest absolute Gasteiger partial charge is 0.496 e. The van der Waals surface area contributed by atoms with Gasteiger partial charge in [-0.2, -0.15) is 0 Å². The lowest BCUT2D eigenvalue weighted by molar-refractivity contribution is -0.136. The highest BCUT2D eigenvalue weighted by Gasteiger charge is 2.06. The SMILES string of the molecule is CCc1ccc(NC(=O)NCCC(=O)O)cc1OC. The molecule has 1 rings (SSSR count). The molecule has 0 aliphatic heterocycles. The average molecular weight is 266 g/mol. The maximum absolute atomic E-state index is 11.5.